The Morgan fingerprint density at radius 2 is 1.84 bits per heavy atom. The Bertz CT molecular complexity index is 1670. The van der Waals surface area contributed by atoms with Gasteiger partial charge >= 0.3 is 6.18 Å². The largest absolute Gasteiger partial charge is 0.433 e. The number of aliphatic hydroxyl groups is 1. The van der Waals surface area contributed by atoms with Crippen molar-refractivity contribution >= 4 is 41.4 Å². The molecule has 2 atom stereocenters. The third-order valence-corrected chi connectivity index (χ3v) is 7.99. The van der Waals surface area contributed by atoms with Crippen LogP contribution in [0.2, 0.25) is 0 Å². The maximum absolute atomic E-state index is 13.4. The number of anilines is 2. The Labute approximate surface area is 256 Å². The van der Waals surface area contributed by atoms with E-state index in [0.717, 1.165) is 6.20 Å². The number of H-pyrrole nitrogens is 1. The Balaban J connectivity index is 0.00000384. The summed E-state index contributed by atoms with van der Waals surface area (Å²) in [6, 6.07) is 5.22. The molecule has 234 valence electrons. The number of alkyl halides is 3. The molecular weight excluding hydrogens is 603 g/mol. The van der Waals surface area contributed by atoms with E-state index >= 15 is 0 Å². The number of rotatable bonds is 5. The van der Waals surface area contributed by atoms with Gasteiger partial charge in [0.15, 0.2) is 11.5 Å². The predicted molar refractivity (Wildman–Crippen MR) is 157 cm³/mol. The zero-order valence-electron chi connectivity index (χ0n) is 23.6. The number of aromatic nitrogens is 5. The summed E-state index contributed by atoms with van der Waals surface area (Å²) in [7, 11) is 0. The molecule has 3 aromatic heterocycles. The lowest BCUT2D eigenvalue weighted by atomic mass is 9.94. The summed E-state index contributed by atoms with van der Waals surface area (Å²) in [5, 5.41) is 22.1. The second-order valence-corrected chi connectivity index (χ2v) is 10.7. The van der Waals surface area contributed by atoms with Crippen LogP contribution in [0, 0.1) is 12.8 Å². The fraction of sp³-hybridized carbons (Fsp3) is 0.393. The summed E-state index contributed by atoms with van der Waals surface area (Å²) in [5.41, 5.74) is 1.27. The number of aliphatic hydroxyl groups excluding tert-OH is 1. The van der Waals surface area contributed by atoms with Gasteiger partial charge in [0.05, 0.1) is 35.7 Å². The van der Waals surface area contributed by atoms with E-state index in [4.69, 9.17) is 0 Å². The highest BCUT2D eigenvalue weighted by atomic mass is 35.5. The number of piperazine rings is 1. The summed E-state index contributed by atoms with van der Waals surface area (Å²) in [6.07, 6.45) is 0.689. The van der Waals surface area contributed by atoms with Crippen LogP contribution in [0.1, 0.15) is 28.0 Å². The summed E-state index contributed by atoms with van der Waals surface area (Å²) in [6.45, 7) is 4.54. The minimum Gasteiger partial charge on any atom is -0.392 e. The molecule has 0 saturated carbocycles. The molecule has 0 spiro atoms. The smallest absolute Gasteiger partial charge is 0.392 e. The molecular formula is C28H31ClF3N9O3. The summed E-state index contributed by atoms with van der Waals surface area (Å²) in [5.74, 6) is -0.370. The van der Waals surface area contributed by atoms with Crippen LogP contribution < -0.4 is 10.6 Å². The van der Waals surface area contributed by atoms with Gasteiger partial charge in [-0.25, -0.2) is 9.97 Å². The Morgan fingerprint density at radius 3 is 2.55 bits per heavy atom. The van der Waals surface area contributed by atoms with Crippen molar-refractivity contribution in [3.63, 3.8) is 0 Å². The number of halogens is 4. The Hall–Kier alpha value is -4.21. The summed E-state index contributed by atoms with van der Waals surface area (Å²) < 4.78 is 41.8. The van der Waals surface area contributed by atoms with E-state index in [0.29, 0.717) is 74.0 Å². The molecule has 4 N–H and O–H groups in total. The van der Waals surface area contributed by atoms with Gasteiger partial charge in [-0.1, -0.05) is 0 Å². The second-order valence-electron chi connectivity index (χ2n) is 10.7. The highest BCUT2D eigenvalue weighted by Crippen LogP contribution is 2.36. The zero-order valence-corrected chi connectivity index (χ0v) is 24.5. The molecule has 0 radical (unpaired) electrons. The number of hydrogen-bond donors (Lipinski definition) is 4. The molecule has 2 amide bonds. The molecule has 44 heavy (non-hydrogen) atoms. The van der Waals surface area contributed by atoms with E-state index in [1.807, 2.05) is 12.0 Å². The highest BCUT2D eigenvalue weighted by molar-refractivity contribution is 5.96. The maximum Gasteiger partial charge on any atom is 0.433 e. The first-order chi connectivity index (χ1) is 20.6. The van der Waals surface area contributed by atoms with Crippen molar-refractivity contribution in [1.29, 1.82) is 0 Å². The molecule has 2 aliphatic rings. The first-order valence-electron chi connectivity index (χ1n) is 13.9. The van der Waals surface area contributed by atoms with E-state index in [-0.39, 0.29) is 35.5 Å². The van der Waals surface area contributed by atoms with Crippen molar-refractivity contribution < 1.29 is 27.9 Å². The molecule has 6 rings (SSSR count). The normalized spacial score (nSPS) is 19.1. The fourth-order valence-corrected chi connectivity index (χ4v) is 5.65. The monoisotopic (exact) mass is 633 g/mol. The number of carbonyl (C=O) groups excluding carboxylic acids is 2. The lowest BCUT2D eigenvalue weighted by Gasteiger charge is -2.38. The number of piperidine rings is 1. The summed E-state index contributed by atoms with van der Waals surface area (Å²) >= 11 is 0. The van der Waals surface area contributed by atoms with Gasteiger partial charge in [-0.15, -0.1) is 12.4 Å². The predicted octanol–water partition coefficient (Wildman–Crippen LogP) is 2.87. The first-order valence-corrected chi connectivity index (χ1v) is 13.9. The highest BCUT2D eigenvalue weighted by Gasteiger charge is 2.37. The quantitative estimate of drug-likeness (QED) is 0.263. The minimum atomic E-state index is -4.61. The van der Waals surface area contributed by atoms with Crippen molar-refractivity contribution in [2.24, 2.45) is 5.92 Å². The number of nitrogens with zero attached hydrogens (tertiary/aromatic N) is 6. The molecule has 16 heteroatoms. The molecule has 2 fully saturated rings. The van der Waals surface area contributed by atoms with Gasteiger partial charge in [-0.3, -0.25) is 19.1 Å². The van der Waals surface area contributed by atoms with E-state index in [1.54, 1.807) is 28.0 Å². The first kappa shape index (κ1) is 31.2. The molecule has 1 aromatic carbocycles. The number of hydrogen-bond acceptors (Lipinski definition) is 8. The maximum atomic E-state index is 13.4. The number of carbonyl (C=O) groups is 2. The van der Waals surface area contributed by atoms with Gasteiger partial charge in [-0.2, -0.15) is 18.3 Å². The van der Waals surface area contributed by atoms with E-state index < -0.39 is 23.9 Å². The number of aryl methyl sites for hydroxylation is 1. The lowest BCUT2D eigenvalue weighted by Crippen LogP contribution is -2.55. The van der Waals surface area contributed by atoms with E-state index in [1.165, 1.54) is 23.0 Å². The number of aromatic amines is 1. The molecule has 2 saturated heterocycles. The van der Waals surface area contributed by atoms with Crippen molar-refractivity contribution in [2.75, 3.05) is 44.6 Å². The van der Waals surface area contributed by atoms with Crippen LogP contribution in [0.5, 0.6) is 0 Å². The standard InChI is InChI=1S/C28H30F3N9O3.ClH/c1-16-12-17(36-24-25-34-15-21(40(25)7-6-33-24)19-14-35-37-23(19)28(29,30)31)2-3-18(16)26(42)38-8-10-39(11-9-38)27(43)20-13-32-5-4-22(20)41;/h2-3,6-7,12,14-15,20,22,32,41H,4-5,8-11,13H2,1H3,(H,33,36)(H,35,37);1H/t20-,22+;/m1./s1. The number of nitrogens with one attached hydrogen (secondary N) is 3. The number of benzene rings is 1. The molecule has 0 unspecified atom stereocenters. The van der Waals surface area contributed by atoms with Crippen LogP contribution in [0.3, 0.4) is 0 Å². The van der Waals surface area contributed by atoms with Gasteiger partial charge in [0, 0.05) is 56.4 Å². The topological polar surface area (TPSA) is 144 Å². The summed E-state index contributed by atoms with van der Waals surface area (Å²) in [4.78, 5) is 38.3. The third-order valence-electron chi connectivity index (χ3n) is 7.99. The van der Waals surface area contributed by atoms with Gasteiger partial charge < -0.3 is 25.5 Å². The second kappa shape index (κ2) is 12.4. The van der Waals surface area contributed by atoms with Crippen LogP contribution in [0.25, 0.3) is 16.9 Å². The Morgan fingerprint density at radius 1 is 1.09 bits per heavy atom. The Kier molecular flexibility index (Phi) is 8.81. The van der Waals surface area contributed by atoms with Crippen molar-refractivity contribution in [1.82, 2.24) is 39.7 Å². The van der Waals surface area contributed by atoms with Crippen molar-refractivity contribution in [3.8, 4) is 11.3 Å². The van der Waals surface area contributed by atoms with E-state index in [9.17, 15) is 27.9 Å². The zero-order chi connectivity index (χ0) is 30.3. The molecule has 2 aliphatic heterocycles. The molecule has 4 aromatic rings. The van der Waals surface area contributed by atoms with Crippen LogP contribution >= 0.6 is 12.4 Å². The number of fused-ring (bicyclic) bond motifs is 1. The average Bonchev–Trinajstić information content (AvgIpc) is 3.65. The molecule has 0 bridgehead atoms. The van der Waals surface area contributed by atoms with Gasteiger partial charge in [0.1, 0.15) is 5.69 Å². The molecule has 12 nitrogen and oxygen atoms in total. The van der Waals surface area contributed by atoms with Crippen LogP contribution in [0.15, 0.2) is 43.0 Å². The van der Waals surface area contributed by atoms with Gasteiger partial charge in [0.2, 0.25) is 5.91 Å². The van der Waals surface area contributed by atoms with Gasteiger partial charge in [-0.05, 0) is 43.7 Å². The SMILES string of the molecule is Cc1cc(Nc2nccn3c(-c4cn[nH]c4C(F)(F)F)cnc23)ccc1C(=O)N1CCN(C(=O)[C@@H]2CNCC[C@@H]2O)CC1.Cl. The molecule has 0 aliphatic carbocycles. The van der Waals surface area contributed by atoms with Crippen molar-refractivity contribution in [2.45, 2.75) is 25.6 Å². The van der Waals surface area contributed by atoms with E-state index in [2.05, 4.69) is 25.7 Å². The lowest BCUT2D eigenvalue weighted by molar-refractivity contribution is -0.142. The average molecular weight is 634 g/mol. The van der Waals surface area contributed by atoms with Gasteiger partial charge in [0.25, 0.3) is 5.91 Å². The van der Waals surface area contributed by atoms with Crippen molar-refractivity contribution in [3.05, 3.63) is 59.8 Å². The number of amides is 2. The van der Waals surface area contributed by atoms with Crippen LogP contribution in [-0.2, 0) is 11.0 Å². The fourth-order valence-electron chi connectivity index (χ4n) is 5.65. The van der Waals surface area contributed by atoms with Crippen LogP contribution in [0.4, 0.5) is 24.7 Å². The minimum absolute atomic E-state index is 0. The molecule has 5 heterocycles. The number of imidazole rings is 1. The third kappa shape index (κ3) is 5.94. The van der Waals surface area contributed by atoms with Crippen LogP contribution in [-0.4, -0.2) is 96.7 Å².